The Morgan fingerprint density at radius 2 is 2.00 bits per heavy atom. The largest absolute Gasteiger partial charge is 0.398 e. The molecule has 8 heteroatoms. The first-order valence-corrected chi connectivity index (χ1v) is 7.34. The minimum atomic E-state index is -3.80. The van der Waals surface area contributed by atoms with Gasteiger partial charge in [0.15, 0.2) is 0 Å². The van der Waals surface area contributed by atoms with Gasteiger partial charge in [0.1, 0.15) is 4.90 Å². The molecule has 0 atom stereocenters. The average Bonchev–Trinajstić information content (AvgIpc) is 2.36. The van der Waals surface area contributed by atoms with Crippen LogP contribution in [0.25, 0.3) is 0 Å². The lowest BCUT2D eigenvalue weighted by Crippen LogP contribution is -2.14. The van der Waals surface area contributed by atoms with Gasteiger partial charge >= 0.3 is 0 Å². The molecule has 0 saturated heterocycles. The van der Waals surface area contributed by atoms with Crippen molar-refractivity contribution in [3.8, 4) is 0 Å². The molecule has 0 unspecified atom stereocenters. The van der Waals surface area contributed by atoms with Crippen LogP contribution in [0.1, 0.15) is 11.4 Å². The number of aryl methyl sites for hydroxylation is 1. The highest BCUT2D eigenvalue weighted by atomic mass is 32.2. The number of nitrogens with one attached hydrogen (secondary N) is 1. The number of nitrogen functional groups attached to an aromatic ring is 1. The van der Waals surface area contributed by atoms with Gasteiger partial charge in [-0.2, -0.15) is 0 Å². The maximum Gasteiger partial charge on any atom is 0.240 e. The van der Waals surface area contributed by atoms with Gasteiger partial charge in [0.05, 0.1) is 29.8 Å². The molecule has 0 amide bonds. The molecule has 0 aliphatic rings. The number of benzene rings is 1. The molecule has 5 N–H and O–H groups in total. The Morgan fingerprint density at radius 1 is 1.25 bits per heavy atom. The van der Waals surface area contributed by atoms with E-state index < -0.39 is 10.0 Å². The van der Waals surface area contributed by atoms with E-state index in [-0.39, 0.29) is 10.6 Å². The van der Waals surface area contributed by atoms with Gasteiger partial charge in [-0.1, -0.05) is 0 Å². The highest BCUT2D eigenvalue weighted by Gasteiger charge is 2.12. The highest BCUT2D eigenvalue weighted by Crippen LogP contribution is 2.21. The minimum absolute atomic E-state index is 0.0850. The third-order valence-electron chi connectivity index (χ3n) is 2.62. The number of anilines is 2. The number of primary sulfonamides is 1. The Hall–Kier alpha value is -2.19. The molecule has 0 aliphatic carbocycles. The van der Waals surface area contributed by atoms with E-state index in [9.17, 15) is 8.42 Å². The lowest BCUT2D eigenvalue weighted by molar-refractivity contribution is 0.598. The summed E-state index contributed by atoms with van der Waals surface area (Å²) < 4.78 is 22.5. The zero-order chi connectivity index (χ0) is 14.8. The van der Waals surface area contributed by atoms with Crippen LogP contribution in [0.15, 0.2) is 35.5 Å². The standard InChI is InChI=1S/C12H15N5O2S/c1-8-5-16-10(6-15-8)7-17-9-2-3-12(11(13)4-9)20(14,18)19/h2-6,17H,7,13H2,1H3,(H2,14,18,19). The van der Waals surface area contributed by atoms with E-state index >= 15 is 0 Å². The van der Waals surface area contributed by atoms with Gasteiger partial charge < -0.3 is 11.1 Å². The zero-order valence-electron chi connectivity index (χ0n) is 10.9. The molecule has 0 saturated carbocycles. The van der Waals surface area contributed by atoms with Crippen molar-refractivity contribution in [3.05, 3.63) is 42.0 Å². The van der Waals surface area contributed by atoms with Crippen molar-refractivity contribution < 1.29 is 8.42 Å². The van der Waals surface area contributed by atoms with Crippen LogP contribution >= 0.6 is 0 Å². The fraction of sp³-hybridized carbons (Fsp3) is 0.167. The first kappa shape index (κ1) is 14.2. The predicted octanol–water partition coefficient (Wildman–Crippen LogP) is 0.627. The Kier molecular flexibility index (Phi) is 3.86. The van der Waals surface area contributed by atoms with Crippen LogP contribution in [0.4, 0.5) is 11.4 Å². The summed E-state index contributed by atoms with van der Waals surface area (Å²) in [5, 5.41) is 8.12. The molecule has 2 aromatic rings. The van der Waals surface area contributed by atoms with E-state index in [0.29, 0.717) is 12.2 Å². The summed E-state index contributed by atoms with van der Waals surface area (Å²) in [5.41, 5.74) is 8.06. The summed E-state index contributed by atoms with van der Waals surface area (Å²) in [6, 6.07) is 4.48. The third kappa shape index (κ3) is 3.43. The van der Waals surface area contributed by atoms with Gasteiger partial charge in [-0.3, -0.25) is 9.97 Å². The molecule has 1 heterocycles. The molecule has 0 aliphatic heterocycles. The molecule has 0 spiro atoms. The summed E-state index contributed by atoms with van der Waals surface area (Å²) in [6.45, 7) is 2.32. The molecule has 0 fully saturated rings. The first-order valence-electron chi connectivity index (χ1n) is 5.80. The second-order valence-electron chi connectivity index (χ2n) is 4.30. The van der Waals surface area contributed by atoms with Crippen molar-refractivity contribution in [1.82, 2.24) is 9.97 Å². The number of aromatic nitrogens is 2. The smallest absolute Gasteiger partial charge is 0.240 e. The monoisotopic (exact) mass is 293 g/mol. The van der Waals surface area contributed by atoms with Crippen molar-refractivity contribution in [2.75, 3.05) is 11.1 Å². The molecule has 0 bridgehead atoms. The second kappa shape index (κ2) is 5.43. The number of hydrogen-bond donors (Lipinski definition) is 3. The Bertz CT molecular complexity index is 713. The van der Waals surface area contributed by atoms with Gasteiger partial charge in [-0.15, -0.1) is 0 Å². The van der Waals surface area contributed by atoms with Crippen molar-refractivity contribution in [2.45, 2.75) is 18.4 Å². The quantitative estimate of drug-likeness (QED) is 0.710. The molecule has 1 aromatic heterocycles. The topological polar surface area (TPSA) is 124 Å². The number of nitrogens with zero attached hydrogens (tertiary/aromatic N) is 2. The normalized spacial score (nSPS) is 11.3. The number of nitrogens with two attached hydrogens (primary N) is 2. The molecular weight excluding hydrogens is 278 g/mol. The Balaban J connectivity index is 2.11. The number of hydrogen-bond acceptors (Lipinski definition) is 6. The van der Waals surface area contributed by atoms with Crippen LogP contribution in [0.2, 0.25) is 0 Å². The lowest BCUT2D eigenvalue weighted by Gasteiger charge is -2.09. The van der Waals surface area contributed by atoms with Crippen LogP contribution in [-0.2, 0) is 16.6 Å². The van der Waals surface area contributed by atoms with Crippen LogP contribution in [0.5, 0.6) is 0 Å². The van der Waals surface area contributed by atoms with E-state index in [4.69, 9.17) is 10.9 Å². The molecule has 0 radical (unpaired) electrons. The van der Waals surface area contributed by atoms with Gasteiger partial charge in [-0.25, -0.2) is 13.6 Å². The summed E-state index contributed by atoms with van der Waals surface area (Å²) in [6.07, 6.45) is 3.35. The fourth-order valence-electron chi connectivity index (χ4n) is 1.62. The maximum absolute atomic E-state index is 11.2. The van der Waals surface area contributed by atoms with Crippen LogP contribution < -0.4 is 16.2 Å². The van der Waals surface area contributed by atoms with Gasteiger partial charge in [0, 0.05) is 11.9 Å². The third-order valence-corrected chi connectivity index (χ3v) is 3.61. The predicted molar refractivity (Wildman–Crippen MR) is 76.3 cm³/mol. The van der Waals surface area contributed by atoms with Crippen LogP contribution in [0, 0.1) is 6.92 Å². The molecule has 1 aromatic carbocycles. The van der Waals surface area contributed by atoms with E-state index in [1.165, 1.54) is 12.1 Å². The fourth-order valence-corrected chi connectivity index (χ4v) is 2.27. The SMILES string of the molecule is Cc1cnc(CNc2ccc(S(N)(=O)=O)c(N)c2)cn1. The first-order chi connectivity index (χ1) is 9.36. The minimum Gasteiger partial charge on any atom is -0.398 e. The van der Waals surface area contributed by atoms with E-state index in [1.807, 2.05) is 6.92 Å². The van der Waals surface area contributed by atoms with Gasteiger partial charge in [0.2, 0.25) is 10.0 Å². The summed E-state index contributed by atoms with van der Waals surface area (Å²) in [7, 11) is -3.80. The Morgan fingerprint density at radius 3 is 2.55 bits per heavy atom. The van der Waals surface area contributed by atoms with Crippen molar-refractivity contribution in [3.63, 3.8) is 0 Å². The van der Waals surface area contributed by atoms with E-state index in [2.05, 4.69) is 15.3 Å². The van der Waals surface area contributed by atoms with E-state index in [0.717, 1.165) is 11.4 Å². The van der Waals surface area contributed by atoms with Crippen molar-refractivity contribution in [1.29, 1.82) is 0 Å². The van der Waals surface area contributed by atoms with Gasteiger partial charge in [-0.05, 0) is 25.1 Å². The van der Waals surface area contributed by atoms with Crippen molar-refractivity contribution in [2.24, 2.45) is 5.14 Å². The highest BCUT2D eigenvalue weighted by molar-refractivity contribution is 7.89. The molecule has 7 nitrogen and oxygen atoms in total. The summed E-state index contributed by atoms with van der Waals surface area (Å²) in [5.74, 6) is 0. The second-order valence-corrected chi connectivity index (χ2v) is 5.83. The molecule has 2 rings (SSSR count). The van der Waals surface area contributed by atoms with Crippen molar-refractivity contribution >= 4 is 21.4 Å². The maximum atomic E-state index is 11.2. The zero-order valence-corrected chi connectivity index (χ0v) is 11.7. The Labute approximate surface area is 117 Å². The summed E-state index contributed by atoms with van der Waals surface area (Å²) >= 11 is 0. The lowest BCUT2D eigenvalue weighted by atomic mass is 10.2. The molecular formula is C12H15N5O2S. The molecule has 106 valence electrons. The van der Waals surface area contributed by atoms with Gasteiger partial charge in [0.25, 0.3) is 0 Å². The number of rotatable bonds is 4. The van der Waals surface area contributed by atoms with Crippen LogP contribution in [0.3, 0.4) is 0 Å². The average molecular weight is 293 g/mol. The van der Waals surface area contributed by atoms with E-state index in [1.54, 1.807) is 18.5 Å². The molecule has 20 heavy (non-hydrogen) atoms. The van der Waals surface area contributed by atoms with Crippen LogP contribution in [-0.4, -0.2) is 18.4 Å². The summed E-state index contributed by atoms with van der Waals surface area (Å²) in [4.78, 5) is 8.25. The number of sulfonamides is 1.